The van der Waals surface area contributed by atoms with E-state index >= 15 is 0 Å². The molecule has 3 aromatic rings. The van der Waals surface area contributed by atoms with E-state index in [1.54, 1.807) is 0 Å². The van der Waals surface area contributed by atoms with Gasteiger partial charge in [-0.05, 0) is 40.6 Å². The molecule has 0 fully saturated rings. The highest BCUT2D eigenvalue weighted by Gasteiger charge is 2.16. The molecule has 6 heteroatoms. The van der Waals surface area contributed by atoms with Crippen molar-refractivity contribution in [3.8, 4) is 11.5 Å². The first-order valence-electron chi connectivity index (χ1n) is 6.79. The number of pyridine rings is 1. The van der Waals surface area contributed by atoms with E-state index < -0.39 is 0 Å². The molecule has 1 N–H and O–H groups in total. The maximum Gasteiger partial charge on any atom is 0.182 e. The average molecular weight is 393 g/mol. The number of hydrogen-bond acceptors (Lipinski definition) is 4. The highest BCUT2D eigenvalue weighted by Crippen LogP contribution is 2.27. The Hall–Kier alpha value is -1.70. The van der Waals surface area contributed by atoms with E-state index in [1.807, 2.05) is 42.0 Å². The van der Waals surface area contributed by atoms with Crippen LogP contribution in [0, 0.1) is 3.57 Å². The van der Waals surface area contributed by atoms with Gasteiger partial charge in [-0.1, -0.05) is 19.9 Å². The Morgan fingerprint density at radius 2 is 2.00 bits per heavy atom. The number of hydrogen-bond donors (Lipinski definition) is 1. The maximum atomic E-state index is 4.71. The molecule has 0 saturated carbocycles. The third kappa shape index (κ3) is 2.59. The molecular weight excluding hydrogens is 377 g/mol. The summed E-state index contributed by atoms with van der Waals surface area (Å²) < 4.78 is 3.04. The molecule has 0 aromatic carbocycles. The number of fused-ring (bicyclic) bond motifs is 1. The van der Waals surface area contributed by atoms with Crippen LogP contribution in [0.2, 0.25) is 0 Å². The topological polar surface area (TPSA) is 55.1 Å². The Kier molecular flexibility index (Phi) is 3.79. The zero-order valence-corrected chi connectivity index (χ0v) is 14.3. The first-order chi connectivity index (χ1) is 10.1. The minimum atomic E-state index is 0.336. The normalized spacial score (nSPS) is 11.3. The summed E-state index contributed by atoms with van der Waals surface area (Å²) in [7, 11) is 1.88. The lowest BCUT2D eigenvalue weighted by atomic mass is 10.1. The van der Waals surface area contributed by atoms with Gasteiger partial charge in [0, 0.05) is 19.4 Å². The standard InChI is InChI=1S/C15H16IN5/c1-9(2)13-12(16)15(17-3)20-14(19-13)10-8-21-7-5-4-6-11(21)18-10/h4-9H,1-3H3,(H,17,19,20). The van der Waals surface area contributed by atoms with Gasteiger partial charge in [-0.15, -0.1) is 0 Å². The molecule has 3 aromatic heterocycles. The van der Waals surface area contributed by atoms with E-state index in [0.29, 0.717) is 11.7 Å². The summed E-state index contributed by atoms with van der Waals surface area (Å²) in [6.45, 7) is 4.27. The molecule has 108 valence electrons. The Morgan fingerprint density at radius 1 is 1.19 bits per heavy atom. The molecule has 0 atom stereocenters. The summed E-state index contributed by atoms with van der Waals surface area (Å²) in [6.07, 6.45) is 3.93. The molecule has 0 spiro atoms. The fourth-order valence-corrected chi connectivity index (χ4v) is 3.30. The molecule has 0 unspecified atom stereocenters. The van der Waals surface area contributed by atoms with E-state index in [4.69, 9.17) is 4.98 Å². The molecule has 5 nitrogen and oxygen atoms in total. The summed E-state index contributed by atoms with van der Waals surface area (Å²) >= 11 is 2.29. The number of aromatic nitrogens is 4. The Labute approximate surface area is 137 Å². The van der Waals surface area contributed by atoms with Crippen LogP contribution in [0.1, 0.15) is 25.5 Å². The van der Waals surface area contributed by atoms with E-state index in [9.17, 15) is 0 Å². The molecule has 0 aliphatic heterocycles. The highest BCUT2D eigenvalue weighted by molar-refractivity contribution is 14.1. The summed E-state index contributed by atoms with van der Waals surface area (Å²) in [5.74, 6) is 1.84. The van der Waals surface area contributed by atoms with Gasteiger partial charge in [0.05, 0.1) is 9.26 Å². The van der Waals surface area contributed by atoms with Gasteiger partial charge in [-0.2, -0.15) is 0 Å². The average Bonchev–Trinajstić information content (AvgIpc) is 2.91. The van der Waals surface area contributed by atoms with Gasteiger partial charge in [0.15, 0.2) is 5.82 Å². The summed E-state index contributed by atoms with van der Waals surface area (Å²) in [4.78, 5) is 13.9. The van der Waals surface area contributed by atoms with Crippen molar-refractivity contribution in [2.75, 3.05) is 12.4 Å². The van der Waals surface area contributed by atoms with E-state index in [1.165, 1.54) is 0 Å². The highest BCUT2D eigenvalue weighted by atomic mass is 127. The van der Waals surface area contributed by atoms with Crippen molar-refractivity contribution in [1.29, 1.82) is 0 Å². The van der Waals surface area contributed by atoms with Gasteiger partial charge in [0.25, 0.3) is 0 Å². The number of nitrogens with one attached hydrogen (secondary N) is 1. The van der Waals surface area contributed by atoms with Crippen molar-refractivity contribution in [2.24, 2.45) is 0 Å². The number of nitrogens with zero attached hydrogens (tertiary/aromatic N) is 4. The van der Waals surface area contributed by atoms with Crippen molar-refractivity contribution in [3.05, 3.63) is 39.9 Å². The summed E-state index contributed by atoms with van der Waals surface area (Å²) in [6, 6.07) is 5.92. The van der Waals surface area contributed by atoms with Crippen LogP contribution in [-0.2, 0) is 0 Å². The lowest BCUT2D eigenvalue weighted by molar-refractivity contribution is 0.808. The lowest BCUT2D eigenvalue weighted by Gasteiger charge is -2.12. The van der Waals surface area contributed by atoms with Crippen molar-refractivity contribution in [2.45, 2.75) is 19.8 Å². The molecule has 0 saturated heterocycles. The molecule has 3 rings (SSSR count). The minimum absolute atomic E-state index is 0.336. The van der Waals surface area contributed by atoms with E-state index in [0.717, 1.165) is 26.4 Å². The second kappa shape index (κ2) is 5.59. The van der Waals surface area contributed by atoms with Gasteiger partial charge in [0.2, 0.25) is 0 Å². The molecule has 0 bridgehead atoms. The van der Waals surface area contributed by atoms with E-state index in [2.05, 4.69) is 51.7 Å². The number of anilines is 1. The Morgan fingerprint density at radius 3 is 2.67 bits per heavy atom. The van der Waals surface area contributed by atoms with Crippen LogP contribution in [0.15, 0.2) is 30.6 Å². The van der Waals surface area contributed by atoms with Crippen molar-refractivity contribution in [3.63, 3.8) is 0 Å². The van der Waals surface area contributed by atoms with Crippen molar-refractivity contribution < 1.29 is 0 Å². The smallest absolute Gasteiger partial charge is 0.182 e. The summed E-state index contributed by atoms with van der Waals surface area (Å²) in [5.41, 5.74) is 2.73. The number of rotatable bonds is 3. The van der Waals surface area contributed by atoms with Crippen LogP contribution in [-0.4, -0.2) is 26.4 Å². The molecule has 0 aliphatic rings. The first-order valence-corrected chi connectivity index (χ1v) is 7.87. The Bertz CT molecular complexity index is 761. The van der Waals surface area contributed by atoms with Crippen LogP contribution in [0.5, 0.6) is 0 Å². The zero-order chi connectivity index (χ0) is 15.0. The second-order valence-electron chi connectivity index (χ2n) is 5.09. The third-order valence-corrected chi connectivity index (χ3v) is 4.32. The Balaban J connectivity index is 2.19. The molecule has 0 amide bonds. The molecular formula is C15H16IN5. The fourth-order valence-electron chi connectivity index (χ4n) is 2.17. The van der Waals surface area contributed by atoms with Crippen LogP contribution in [0.4, 0.5) is 5.82 Å². The third-order valence-electron chi connectivity index (χ3n) is 3.25. The van der Waals surface area contributed by atoms with Crippen LogP contribution in [0.3, 0.4) is 0 Å². The van der Waals surface area contributed by atoms with Crippen LogP contribution in [0.25, 0.3) is 17.2 Å². The molecule has 21 heavy (non-hydrogen) atoms. The van der Waals surface area contributed by atoms with Crippen LogP contribution < -0.4 is 5.32 Å². The fraction of sp³-hybridized carbons (Fsp3) is 0.267. The second-order valence-corrected chi connectivity index (χ2v) is 6.17. The quantitative estimate of drug-likeness (QED) is 0.692. The molecule has 3 heterocycles. The number of halogens is 1. The SMILES string of the molecule is CNc1nc(-c2cn3ccccc3n2)nc(C(C)C)c1I. The minimum Gasteiger partial charge on any atom is -0.372 e. The predicted molar refractivity (Wildman–Crippen MR) is 92.6 cm³/mol. The van der Waals surface area contributed by atoms with E-state index in [-0.39, 0.29) is 0 Å². The number of imidazole rings is 1. The first kappa shape index (κ1) is 14.2. The van der Waals surface area contributed by atoms with Gasteiger partial charge < -0.3 is 9.72 Å². The lowest BCUT2D eigenvalue weighted by Crippen LogP contribution is -2.06. The van der Waals surface area contributed by atoms with Crippen molar-refractivity contribution in [1.82, 2.24) is 19.4 Å². The van der Waals surface area contributed by atoms with Gasteiger partial charge in [-0.3, -0.25) is 0 Å². The van der Waals surface area contributed by atoms with Gasteiger partial charge >= 0.3 is 0 Å². The largest absolute Gasteiger partial charge is 0.372 e. The predicted octanol–water partition coefficient (Wildman–Crippen LogP) is 3.56. The van der Waals surface area contributed by atoms with Gasteiger partial charge in [0.1, 0.15) is 17.2 Å². The molecule has 0 radical (unpaired) electrons. The zero-order valence-electron chi connectivity index (χ0n) is 12.1. The molecule has 0 aliphatic carbocycles. The maximum absolute atomic E-state index is 4.71. The van der Waals surface area contributed by atoms with Gasteiger partial charge in [-0.25, -0.2) is 15.0 Å². The van der Waals surface area contributed by atoms with Crippen molar-refractivity contribution >= 4 is 34.1 Å². The summed E-state index contributed by atoms with van der Waals surface area (Å²) in [5, 5.41) is 3.14. The van der Waals surface area contributed by atoms with Crippen LogP contribution >= 0.6 is 22.6 Å². The monoisotopic (exact) mass is 393 g/mol.